The predicted molar refractivity (Wildman–Crippen MR) is 129 cm³/mol. The van der Waals surface area contributed by atoms with Crippen LogP contribution in [0.3, 0.4) is 0 Å². The second-order valence-corrected chi connectivity index (χ2v) is 8.41. The summed E-state index contributed by atoms with van der Waals surface area (Å²) in [6.07, 6.45) is 4.17. The summed E-state index contributed by atoms with van der Waals surface area (Å²) in [6.45, 7) is 3.94. The van der Waals surface area contributed by atoms with Gasteiger partial charge in [-0.1, -0.05) is 30.3 Å². The van der Waals surface area contributed by atoms with Crippen LogP contribution in [0.2, 0.25) is 0 Å². The summed E-state index contributed by atoms with van der Waals surface area (Å²) in [4.78, 5) is 0. The average molecular weight is 441 g/mol. The lowest BCUT2D eigenvalue weighted by molar-refractivity contribution is 0.151. The monoisotopic (exact) mass is 440 g/mol. The molecule has 0 saturated carbocycles. The van der Waals surface area contributed by atoms with Crippen LogP contribution in [0.1, 0.15) is 30.5 Å². The van der Waals surface area contributed by atoms with E-state index in [1.165, 1.54) is 12.1 Å². The Morgan fingerprint density at radius 2 is 1.85 bits per heavy atom. The van der Waals surface area contributed by atoms with Gasteiger partial charge in [-0.15, -0.1) is 0 Å². The van der Waals surface area contributed by atoms with Gasteiger partial charge in [-0.25, -0.2) is 4.39 Å². The first-order chi connectivity index (χ1) is 15.9. The molecule has 4 nitrogen and oxygen atoms in total. The van der Waals surface area contributed by atoms with E-state index in [4.69, 9.17) is 9.47 Å². The molecule has 1 aliphatic heterocycles. The molecule has 0 bridgehead atoms. The van der Waals surface area contributed by atoms with E-state index in [2.05, 4.69) is 11.4 Å². The van der Waals surface area contributed by atoms with Gasteiger partial charge in [-0.2, -0.15) is 5.26 Å². The van der Waals surface area contributed by atoms with Crippen molar-refractivity contribution < 1.29 is 13.9 Å². The molecular weight excluding hydrogens is 415 g/mol. The predicted octanol–water partition coefficient (Wildman–Crippen LogP) is 6.50. The van der Waals surface area contributed by atoms with Gasteiger partial charge in [-0.3, -0.25) is 0 Å². The van der Waals surface area contributed by atoms with Gasteiger partial charge in [0.15, 0.2) is 11.5 Å². The van der Waals surface area contributed by atoms with Crippen molar-refractivity contribution in [2.24, 2.45) is 0 Å². The van der Waals surface area contributed by atoms with Crippen molar-refractivity contribution in [1.82, 2.24) is 0 Å². The highest BCUT2D eigenvalue weighted by Gasteiger charge is 2.30. The number of nitriles is 1. The first-order valence-electron chi connectivity index (χ1n) is 10.7. The van der Waals surface area contributed by atoms with Crippen LogP contribution in [0.5, 0.6) is 11.5 Å². The van der Waals surface area contributed by atoms with Crippen molar-refractivity contribution in [1.29, 1.82) is 5.26 Å². The molecule has 0 spiro atoms. The SMILES string of the molecule is COc1cc(CC(C#N)=CNc2ccccc2)cc2c1OC(C)(C)C=C2c1ccc(F)cc1. The van der Waals surface area contributed by atoms with Crippen LogP contribution < -0.4 is 14.8 Å². The maximum absolute atomic E-state index is 13.6. The van der Waals surface area contributed by atoms with Crippen molar-refractivity contribution in [3.05, 3.63) is 107 Å². The van der Waals surface area contributed by atoms with Crippen molar-refractivity contribution in [3.63, 3.8) is 0 Å². The number of nitrogens with one attached hydrogen (secondary N) is 1. The Kier molecular flexibility index (Phi) is 6.19. The number of hydrogen-bond acceptors (Lipinski definition) is 4. The Balaban J connectivity index is 1.73. The highest BCUT2D eigenvalue weighted by molar-refractivity contribution is 5.86. The number of fused-ring (bicyclic) bond motifs is 1. The number of allylic oxidation sites excluding steroid dienone is 1. The number of methoxy groups -OCH3 is 1. The van der Waals surface area contributed by atoms with Gasteiger partial charge in [0.2, 0.25) is 0 Å². The van der Waals surface area contributed by atoms with Gasteiger partial charge in [0.05, 0.1) is 13.2 Å². The zero-order valence-electron chi connectivity index (χ0n) is 18.9. The number of hydrogen-bond donors (Lipinski definition) is 1. The smallest absolute Gasteiger partial charge is 0.170 e. The summed E-state index contributed by atoms with van der Waals surface area (Å²) in [5, 5.41) is 12.9. The van der Waals surface area contributed by atoms with Gasteiger partial charge in [0.1, 0.15) is 11.4 Å². The maximum Gasteiger partial charge on any atom is 0.170 e. The molecular formula is C28H25FN2O2. The summed E-state index contributed by atoms with van der Waals surface area (Å²) < 4.78 is 25.5. The molecule has 0 amide bonds. The molecule has 166 valence electrons. The summed E-state index contributed by atoms with van der Waals surface area (Å²) in [7, 11) is 1.60. The number of rotatable bonds is 6. The lowest BCUT2D eigenvalue weighted by Gasteiger charge is -2.32. The highest BCUT2D eigenvalue weighted by Crippen LogP contribution is 2.45. The van der Waals surface area contributed by atoms with Crippen molar-refractivity contribution in [2.45, 2.75) is 25.9 Å². The third kappa shape index (κ3) is 5.07. The quantitative estimate of drug-likeness (QED) is 0.445. The van der Waals surface area contributed by atoms with E-state index in [9.17, 15) is 9.65 Å². The molecule has 1 N–H and O–H groups in total. The van der Waals surface area contributed by atoms with Crippen LogP contribution in [-0.4, -0.2) is 12.7 Å². The number of anilines is 1. The molecule has 0 fully saturated rings. The first kappa shape index (κ1) is 22.2. The van der Waals surface area contributed by atoms with E-state index in [0.717, 1.165) is 28.0 Å². The van der Waals surface area contributed by atoms with Crippen molar-refractivity contribution in [3.8, 4) is 17.6 Å². The second kappa shape index (κ2) is 9.22. The summed E-state index contributed by atoms with van der Waals surface area (Å²) in [6, 6.07) is 22.3. The van der Waals surface area contributed by atoms with E-state index in [1.54, 1.807) is 25.4 Å². The number of ether oxygens (including phenoxy) is 2. The Morgan fingerprint density at radius 1 is 1.12 bits per heavy atom. The Labute approximate surface area is 193 Å². The Bertz CT molecular complexity index is 1250. The summed E-state index contributed by atoms with van der Waals surface area (Å²) >= 11 is 0. The fourth-order valence-corrected chi connectivity index (χ4v) is 3.85. The third-order valence-corrected chi connectivity index (χ3v) is 5.36. The van der Waals surface area contributed by atoms with Gasteiger partial charge in [0, 0.05) is 29.4 Å². The topological polar surface area (TPSA) is 54.3 Å². The van der Waals surface area contributed by atoms with Gasteiger partial charge in [-0.05, 0) is 73.0 Å². The summed E-state index contributed by atoms with van der Waals surface area (Å²) in [5.41, 5.74) is 4.49. The number of benzene rings is 3. The van der Waals surface area contributed by atoms with Crippen LogP contribution in [0.25, 0.3) is 5.57 Å². The van der Waals surface area contributed by atoms with Crippen LogP contribution in [-0.2, 0) is 6.42 Å². The molecule has 0 saturated heterocycles. The summed E-state index contributed by atoms with van der Waals surface area (Å²) in [5.74, 6) is 0.946. The zero-order valence-corrected chi connectivity index (χ0v) is 18.9. The van der Waals surface area contributed by atoms with Crippen LogP contribution in [0.15, 0.2) is 84.6 Å². The van der Waals surface area contributed by atoms with Crippen LogP contribution in [0, 0.1) is 17.1 Å². The molecule has 3 aromatic rings. The second-order valence-electron chi connectivity index (χ2n) is 8.41. The third-order valence-electron chi connectivity index (χ3n) is 5.36. The Hall–Kier alpha value is -4.04. The minimum Gasteiger partial charge on any atom is -0.493 e. The van der Waals surface area contributed by atoms with E-state index in [-0.39, 0.29) is 5.82 Å². The van der Waals surface area contributed by atoms with Gasteiger partial charge in [0.25, 0.3) is 0 Å². The van der Waals surface area contributed by atoms with Gasteiger partial charge < -0.3 is 14.8 Å². The lowest BCUT2D eigenvalue weighted by Crippen LogP contribution is -2.29. The molecule has 33 heavy (non-hydrogen) atoms. The van der Waals surface area contributed by atoms with E-state index in [1.807, 2.05) is 62.4 Å². The zero-order chi connectivity index (χ0) is 23.4. The normalized spacial score (nSPS) is 14.4. The van der Waals surface area contributed by atoms with Crippen molar-refractivity contribution in [2.75, 3.05) is 12.4 Å². The Morgan fingerprint density at radius 3 is 2.52 bits per heavy atom. The molecule has 0 aliphatic carbocycles. The first-order valence-corrected chi connectivity index (χ1v) is 10.7. The van der Waals surface area contributed by atoms with E-state index >= 15 is 0 Å². The molecule has 0 atom stereocenters. The molecule has 3 aromatic carbocycles. The molecule has 0 radical (unpaired) electrons. The fraction of sp³-hybridized carbons (Fsp3) is 0.179. The van der Waals surface area contributed by atoms with E-state index in [0.29, 0.717) is 23.5 Å². The van der Waals surface area contributed by atoms with E-state index < -0.39 is 5.60 Å². The molecule has 5 heteroatoms. The number of halogens is 1. The molecule has 0 unspecified atom stereocenters. The maximum atomic E-state index is 13.6. The van der Waals surface area contributed by atoms with Crippen molar-refractivity contribution >= 4 is 11.3 Å². The minimum absolute atomic E-state index is 0.285. The molecule has 1 heterocycles. The van der Waals surface area contributed by atoms with Crippen LogP contribution in [0.4, 0.5) is 10.1 Å². The molecule has 4 rings (SSSR count). The highest BCUT2D eigenvalue weighted by atomic mass is 19.1. The number of nitrogens with zero attached hydrogens (tertiary/aromatic N) is 1. The molecule has 0 aromatic heterocycles. The standard InChI is InChI=1S/C28H25FN2O2/c1-28(2)16-25(21-9-11-22(29)12-10-21)24-14-19(15-26(32-3)27(24)33-28)13-20(17-30)18-31-23-7-5-4-6-8-23/h4-12,14-16,18,31H,13H2,1-3H3. The minimum atomic E-state index is -0.567. The fourth-order valence-electron chi connectivity index (χ4n) is 3.85. The van der Waals surface area contributed by atoms with Gasteiger partial charge >= 0.3 is 0 Å². The number of para-hydroxylation sites is 1. The molecule has 1 aliphatic rings. The lowest BCUT2D eigenvalue weighted by atomic mass is 9.88. The largest absolute Gasteiger partial charge is 0.493 e. The van der Waals surface area contributed by atoms with Crippen LogP contribution >= 0.6 is 0 Å². The average Bonchev–Trinajstić information content (AvgIpc) is 2.81.